The molecule has 2 rings (SSSR count). The van der Waals surface area contributed by atoms with Crippen molar-refractivity contribution in [1.82, 2.24) is 14.7 Å². The summed E-state index contributed by atoms with van der Waals surface area (Å²) in [6, 6.07) is 1.68. The topological polar surface area (TPSA) is 75.4 Å². The zero-order chi connectivity index (χ0) is 13.3. The van der Waals surface area contributed by atoms with Crippen LogP contribution in [0.1, 0.15) is 29.0 Å². The van der Waals surface area contributed by atoms with Gasteiger partial charge in [-0.15, -0.1) is 0 Å². The SMILES string of the molecule is Cc1cc(C(=O)N(CC(=O)O)CC2CC2)n(C)n1. The normalized spacial score (nSPS) is 14.6. The summed E-state index contributed by atoms with van der Waals surface area (Å²) in [4.78, 5) is 24.5. The fourth-order valence-corrected chi connectivity index (χ4v) is 1.97. The average Bonchev–Trinajstić information content (AvgIpc) is 3.01. The monoisotopic (exact) mass is 251 g/mol. The van der Waals surface area contributed by atoms with E-state index in [0.29, 0.717) is 18.2 Å². The number of aryl methyl sites for hydroxylation is 2. The summed E-state index contributed by atoms with van der Waals surface area (Å²) in [5.74, 6) is -0.780. The number of rotatable bonds is 5. The third-order valence-corrected chi connectivity index (χ3v) is 3.01. The quantitative estimate of drug-likeness (QED) is 0.834. The van der Waals surface area contributed by atoms with Crippen LogP contribution in [0.2, 0.25) is 0 Å². The molecule has 0 aliphatic heterocycles. The number of aromatic nitrogens is 2. The van der Waals surface area contributed by atoms with Crippen molar-refractivity contribution in [3.63, 3.8) is 0 Å². The summed E-state index contributed by atoms with van der Waals surface area (Å²) in [7, 11) is 1.69. The smallest absolute Gasteiger partial charge is 0.323 e. The lowest BCUT2D eigenvalue weighted by molar-refractivity contribution is -0.137. The van der Waals surface area contributed by atoms with E-state index in [-0.39, 0.29) is 12.5 Å². The summed E-state index contributed by atoms with van der Waals surface area (Å²) in [6.07, 6.45) is 2.15. The van der Waals surface area contributed by atoms with Gasteiger partial charge in [0.15, 0.2) is 0 Å². The summed E-state index contributed by atoms with van der Waals surface area (Å²) in [6.45, 7) is 2.08. The molecule has 1 aliphatic carbocycles. The van der Waals surface area contributed by atoms with Crippen LogP contribution in [0, 0.1) is 12.8 Å². The van der Waals surface area contributed by atoms with Crippen LogP contribution >= 0.6 is 0 Å². The van der Waals surface area contributed by atoms with Crippen LogP contribution in [0.15, 0.2) is 6.07 Å². The first-order valence-corrected chi connectivity index (χ1v) is 5.99. The number of nitrogens with zero attached hydrogens (tertiary/aromatic N) is 3. The second-order valence-corrected chi connectivity index (χ2v) is 4.82. The van der Waals surface area contributed by atoms with Crippen LogP contribution < -0.4 is 0 Å². The van der Waals surface area contributed by atoms with E-state index >= 15 is 0 Å². The zero-order valence-electron chi connectivity index (χ0n) is 10.6. The van der Waals surface area contributed by atoms with E-state index in [2.05, 4.69) is 5.10 Å². The van der Waals surface area contributed by atoms with Gasteiger partial charge in [-0.2, -0.15) is 5.10 Å². The minimum atomic E-state index is -0.983. The maximum absolute atomic E-state index is 12.3. The molecule has 18 heavy (non-hydrogen) atoms. The van der Waals surface area contributed by atoms with Crippen LogP contribution in [0.3, 0.4) is 0 Å². The van der Waals surface area contributed by atoms with E-state index < -0.39 is 5.97 Å². The lowest BCUT2D eigenvalue weighted by Gasteiger charge is -2.20. The largest absolute Gasteiger partial charge is 0.480 e. The molecule has 6 nitrogen and oxygen atoms in total. The number of hydrogen-bond acceptors (Lipinski definition) is 3. The van der Waals surface area contributed by atoms with Crippen molar-refractivity contribution >= 4 is 11.9 Å². The Balaban J connectivity index is 2.15. The van der Waals surface area contributed by atoms with E-state index in [1.807, 2.05) is 0 Å². The van der Waals surface area contributed by atoms with E-state index in [4.69, 9.17) is 5.11 Å². The second-order valence-electron chi connectivity index (χ2n) is 4.82. The highest BCUT2D eigenvalue weighted by Crippen LogP contribution is 2.30. The minimum Gasteiger partial charge on any atom is -0.480 e. The van der Waals surface area contributed by atoms with Gasteiger partial charge in [0.1, 0.15) is 12.2 Å². The van der Waals surface area contributed by atoms with E-state index in [1.165, 1.54) is 9.58 Å². The summed E-state index contributed by atoms with van der Waals surface area (Å²) < 4.78 is 1.50. The molecule has 1 aliphatic rings. The van der Waals surface area contributed by atoms with Gasteiger partial charge < -0.3 is 10.0 Å². The summed E-state index contributed by atoms with van der Waals surface area (Å²) >= 11 is 0. The molecule has 1 heterocycles. The van der Waals surface area contributed by atoms with Gasteiger partial charge >= 0.3 is 5.97 Å². The fraction of sp³-hybridized carbons (Fsp3) is 0.583. The van der Waals surface area contributed by atoms with Crippen LogP contribution in [0.25, 0.3) is 0 Å². The number of hydrogen-bond donors (Lipinski definition) is 1. The van der Waals surface area contributed by atoms with Crippen LogP contribution in [0.5, 0.6) is 0 Å². The van der Waals surface area contributed by atoms with Crippen molar-refractivity contribution < 1.29 is 14.7 Å². The number of carbonyl (C=O) groups is 2. The van der Waals surface area contributed by atoms with Crippen molar-refractivity contribution in [3.8, 4) is 0 Å². The van der Waals surface area contributed by atoms with Crippen molar-refractivity contribution in [2.24, 2.45) is 13.0 Å². The molecule has 0 unspecified atom stereocenters. The predicted molar refractivity (Wildman–Crippen MR) is 64.2 cm³/mol. The van der Waals surface area contributed by atoms with Crippen LogP contribution in [-0.2, 0) is 11.8 Å². The van der Waals surface area contributed by atoms with Gasteiger partial charge in [-0.05, 0) is 31.7 Å². The Kier molecular flexibility index (Phi) is 3.36. The Hall–Kier alpha value is -1.85. The molecule has 0 spiro atoms. The molecule has 1 N–H and O–H groups in total. The number of aliphatic carboxylic acids is 1. The maximum Gasteiger partial charge on any atom is 0.323 e. The molecule has 0 saturated heterocycles. The summed E-state index contributed by atoms with van der Waals surface area (Å²) in [5.41, 5.74) is 1.19. The highest BCUT2D eigenvalue weighted by atomic mass is 16.4. The molecule has 0 bridgehead atoms. The van der Waals surface area contributed by atoms with Gasteiger partial charge in [0.25, 0.3) is 5.91 Å². The second kappa shape index (κ2) is 4.80. The number of carboxylic acid groups (broad SMARTS) is 1. The lowest BCUT2D eigenvalue weighted by Crippen LogP contribution is -2.38. The molecule has 98 valence electrons. The van der Waals surface area contributed by atoms with Crippen molar-refractivity contribution in [1.29, 1.82) is 0 Å². The molecule has 1 fully saturated rings. The molecular weight excluding hydrogens is 234 g/mol. The molecule has 0 aromatic carbocycles. The molecule has 1 amide bonds. The Bertz CT molecular complexity index is 477. The van der Waals surface area contributed by atoms with Crippen molar-refractivity contribution in [2.45, 2.75) is 19.8 Å². The first-order chi connectivity index (χ1) is 8.47. The van der Waals surface area contributed by atoms with E-state index in [9.17, 15) is 9.59 Å². The molecule has 1 aromatic rings. The maximum atomic E-state index is 12.3. The van der Waals surface area contributed by atoms with Crippen molar-refractivity contribution in [2.75, 3.05) is 13.1 Å². The van der Waals surface area contributed by atoms with Gasteiger partial charge in [0.2, 0.25) is 0 Å². The summed E-state index contributed by atoms with van der Waals surface area (Å²) in [5, 5.41) is 13.0. The Labute approximate surface area is 105 Å². The fourth-order valence-electron chi connectivity index (χ4n) is 1.97. The van der Waals surface area contributed by atoms with Crippen LogP contribution in [0.4, 0.5) is 0 Å². The third kappa shape index (κ3) is 2.88. The first kappa shape index (κ1) is 12.6. The molecule has 1 aromatic heterocycles. The van der Waals surface area contributed by atoms with Gasteiger partial charge in [-0.3, -0.25) is 14.3 Å². The van der Waals surface area contributed by atoms with E-state index in [1.54, 1.807) is 20.0 Å². The number of carboxylic acids is 1. The number of amides is 1. The Morgan fingerprint density at radius 2 is 2.22 bits per heavy atom. The zero-order valence-corrected chi connectivity index (χ0v) is 10.6. The molecule has 6 heteroatoms. The first-order valence-electron chi connectivity index (χ1n) is 5.99. The highest BCUT2D eigenvalue weighted by molar-refractivity contribution is 5.94. The molecule has 1 saturated carbocycles. The minimum absolute atomic E-state index is 0.250. The molecular formula is C12H17N3O3. The van der Waals surface area contributed by atoms with E-state index in [0.717, 1.165) is 18.5 Å². The molecule has 0 atom stereocenters. The highest BCUT2D eigenvalue weighted by Gasteiger charge is 2.29. The van der Waals surface area contributed by atoms with Gasteiger partial charge in [-0.1, -0.05) is 0 Å². The third-order valence-electron chi connectivity index (χ3n) is 3.01. The average molecular weight is 251 g/mol. The Morgan fingerprint density at radius 1 is 1.56 bits per heavy atom. The predicted octanol–water partition coefficient (Wildman–Crippen LogP) is 0.665. The lowest BCUT2D eigenvalue weighted by atomic mass is 10.3. The number of carbonyl (C=O) groups excluding carboxylic acids is 1. The van der Waals surface area contributed by atoms with Gasteiger partial charge in [0.05, 0.1) is 5.69 Å². The Morgan fingerprint density at radius 3 is 2.67 bits per heavy atom. The van der Waals surface area contributed by atoms with Crippen molar-refractivity contribution in [3.05, 3.63) is 17.5 Å². The molecule has 0 radical (unpaired) electrons. The van der Waals surface area contributed by atoms with Crippen LogP contribution in [-0.4, -0.2) is 44.8 Å². The van der Waals surface area contributed by atoms with Gasteiger partial charge in [0, 0.05) is 13.6 Å². The standard InChI is InChI=1S/C12H17N3O3/c1-8-5-10(14(2)13-8)12(18)15(7-11(16)17)6-9-3-4-9/h5,9H,3-4,6-7H2,1-2H3,(H,16,17). The van der Waals surface area contributed by atoms with Gasteiger partial charge in [-0.25, -0.2) is 0 Å².